The van der Waals surface area contributed by atoms with Gasteiger partial charge in [0.1, 0.15) is 6.10 Å². The molecule has 1 aliphatic rings. The molecule has 3 N–H and O–H groups in total. The van der Waals surface area contributed by atoms with E-state index in [1.54, 1.807) is 20.8 Å². The highest BCUT2D eigenvalue weighted by molar-refractivity contribution is 7.32. The van der Waals surface area contributed by atoms with Crippen LogP contribution in [0.15, 0.2) is 11.1 Å². The second-order valence-electron chi connectivity index (χ2n) is 6.38. The van der Waals surface area contributed by atoms with Crippen molar-refractivity contribution >= 4 is 31.3 Å². The Labute approximate surface area is 148 Å². The molecule has 0 radical (unpaired) electrons. The van der Waals surface area contributed by atoms with Crippen molar-refractivity contribution in [1.82, 2.24) is 19.5 Å². The lowest BCUT2D eigenvalue weighted by atomic mass is 10.2. The fourth-order valence-electron chi connectivity index (χ4n) is 2.74. The van der Waals surface area contributed by atoms with E-state index in [1.165, 1.54) is 10.9 Å². The maximum Gasteiger partial charge on any atom is 0.317 e. The third-order valence-corrected chi connectivity index (χ3v) is 4.48. The molecule has 1 aliphatic heterocycles. The van der Waals surface area contributed by atoms with Crippen molar-refractivity contribution in [3.05, 3.63) is 16.7 Å². The Morgan fingerprint density at radius 3 is 2.96 bits per heavy atom. The maximum absolute atomic E-state index is 12.2. The number of anilines is 1. The summed E-state index contributed by atoms with van der Waals surface area (Å²) in [5.41, 5.74) is -0.281. The van der Waals surface area contributed by atoms with Crippen molar-refractivity contribution in [2.45, 2.75) is 45.6 Å². The smallest absolute Gasteiger partial charge is 0.317 e. The van der Waals surface area contributed by atoms with Gasteiger partial charge in [-0.05, 0) is 6.92 Å². The molecular formula is C14H20N5O6P. The maximum atomic E-state index is 12.2. The summed E-state index contributed by atoms with van der Waals surface area (Å²) in [6.45, 7) is 5.23. The molecule has 0 saturated carbocycles. The number of nitrogens with one attached hydrogen (secondary N) is 2. The minimum Gasteiger partial charge on any atom is -0.352 e. The number of nitrogens with zero attached hydrogens (tertiary/aromatic N) is 3. The van der Waals surface area contributed by atoms with E-state index >= 15 is 0 Å². The van der Waals surface area contributed by atoms with E-state index in [1.807, 2.05) is 0 Å². The van der Waals surface area contributed by atoms with Gasteiger partial charge in [-0.3, -0.25) is 29.0 Å². The van der Waals surface area contributed by atoms with Crippen LogP contribution in [0.5, 0.6) is 0 Å². The lowest BCUT2D eigenvalue weighted by Gasteiger charge is -2.19. The summed E-state index contributed by atoms with van der Waals surface area (Å²) in [4.78, 5) is 43.9. The van der Waals surface area contributed by atoms with Gasteiger partial charge >= 0.3 is 8.25 Å². The van der Waals surface area contributed by atoms with Crippen LogP contribution < -0.4 is 10.9 Å². The van der Waals surface area contributed by atoms with Gasteiger partial charge < -0.3 is 14.2 Å². The minimum atomic E-state index is -3.17. The van der Waals surface area contributed by atoms with Gasteiger partial charge in [0.05, 0.1) is 12.4 Å². The molecular weight excluding hydrogens is 365 g/mol. The fourth-order valence-corrected chi connectivity index (χ4v) is 3.21. The Morgan fingerprint density at radius 2 is 2.31 bits per heavy atom. The van der Waals surface area contributed by atoms with Crippen LogP contribution in [0.4, 0.5) is 5.95 Å². The number of imidazole rings is 1. The summed E-state index contributed by atoms with van der Waals surface area (Å²) in [5.74, 6) is -0.605. The molecule has 1 saturated heterocycles. The van der Waals surface area contributed by atoms with E-state index in [0.717, 1.165) is 0 Å². The fraction of sp³-hybridized carbons (Fsp3) is 0.571. The first-order valence-electron chi connectivity index (χ1n) is 8.09. The summed E-state index contributed by atoms with van der Waals surface area (Å²) >= 11 is 0. The number of hydrogen-bond acceptors (Lipinski definition) is 7. The highest BCUT2D eigenvalue weighted by Gasteiger charge is 2.37. The second kappa shape index (κ2) is 7.28. The van der Waals surface area contributed by atoms with Crippen molar-refractivity contribution in [2.24, 2.45) is 5.92 Å². The van der Waals surface area contributed by atoms with Crippen molar-refractivity contribution in [3.63, 3.8) is 0 Å². The zero-order chi connectivity index (χ0) is 19.0. The topological polar surface area (TPSA) is 148 Å². The van der Waals surface area contributed by atoms with Gasteiger partial charge in [0.2, 0.25) is 11.9 Å². The van der Waals surface area contributed by atoms with Crippen LogP contribution in [-0.4, -0.2) is 42.5 Å². The minimum absolute atomic E-state index is 0.0119. The highest BCUT2D eigenvalue weighted by Crippen LogP contribution is 2.37. The van der Waals surface area contributed by atoms with Gasteiger partial charge in [-0.1, -0.05) is 13.8 Å². The third kappa shape index (κ3) is 3.70. The van der Waals surface area contributed by atoms with Gasteiger partial charge in [-0.25, -0.2) is 4.98 Å². The number of amides is 1. The number of carbonyl (C=O) groups is 1. The average molecular weight is 385 g/mol. The number of H-pyrrole nitrogens is 1. The number of fused-ring (bicyclic) bond motifs is 1. The molecule has 26 heavy (non-hydrogen) atoms. The zero-order valence-corrected chi connectivity index (χ0v) is 15.4. The summed E-state index contributed by atoms with van der Waals surface area (Å²) < 4.78 is 23.4. The van der Waals surface area contributed by atoms with Crippen LogP contribution in [0.2, 0.25) is 0 Å². The van der Waals surface area contributed by atoms with Crippen molar-refractivity contribution in [2.75, 3.05) is 5.32 Å². The molecule has 2 aromatic rings. The summed E-state index contributed by atoms with van der Waals surface area (Å²) in [5, 5.41) is 2.53. The molecule has 2 aromatic heterocycles. The quantitative estimate of drug-likeness (QED) is 0.640. The van der Waals surface area contributed by atoms with Crippen molar-refractivity contribution in [1.29, 1.82) is 0 Å². The second-order valence-corrected chi connectivity index (χ2v) is 7.15. The Morgan fingerprint density at radius 1 is 1.58 bits per heavy atom. The Balaban J connectivity index is 2.01. The molecule has 0 spiro atoms. The van der Waals surface area contributed by atoms with Crippen LogP contribution in [0.1, 0.15) is 33.4 Å². The van der Waals surface area contributed by atoms with Gasteiger partial charge in [0, 0.05) is 12.3 Å². The average Bonchev–Trinajstić information content (AvgIpc) is 3.10. The molecule has 0 bridgehead atoms. The number of hydrogen-bond donors (Lipinski definition) is 3. The van der Waals surface area contributed by atoms with E-state index in [9.17, 15) is 14.2 Å². The van der Waals surface area contributed by atoms with Gasteiger partial charge in [0.25, 0.3) is 5.56 Å². The molecule has 3 heterocycles. The largest absolute Gasteiger partial charge is 0.352 e. The Bertz CT molecular complexity index is 909. The van der Waals surface area contributed by atoms with Crippen LogP contribution in [0.25, 0.3) is 11.2 Å². The molecule has 1 fully saturated rings. The van der Waals surface area contributed by atoms with Crippen LogP contribution >= 0.6 is 8.25 Å². The predicted molar refractivity (Wildman–Crippen MR) is 91.9 cm³/mol. The molecule has 1 unspecified atom stereocenters. The van der Waals surface area contributed by atoms with E-state index < -0.39 is 26.1 Å². The Hall–Kier alpha value is -2.07. The highest BCUT2D eigenvalue weighted by atomic mass is 31.1. The Kier molecular flexibility index (Phi) is 5.24. The number of rotatable bonds is 5. The molecule has 4 atom stereocenters. The first kappa shape index (κ1) is 18.7. The first-order chi connectivity index (χ1) is 12.3. The van der Waals surface area contributed by atoms with Crippen molar-refractivity contribution in [3.8, 4) is 0 Å². The molecule has 142 valence electrons. The monoisotopic (exact) mass is 385 g/mol. The molecule has 11 nitrogen and oxygen atoms in total. The number of carbonyl (C=O) groups excluding carboxylic acids is 1. The van der Waals surface area contributed by atoms with E-state index in [4.69, 9.17) is 14.2 Å². The normalized spacial score (nSPS) is 24.3. The SMILES string of the molecule is CC(C)C(=O)Nc1nc2c(ncn2[C@@H]2O[C@H](C)C[C@H]2O[PH](=O)O)c(=O)[nH]1. The standard InChI is InChI=1S/C14H20N5O6P/c1-6(2)11(20)17-14-16-10-9(12(21)18-14)15-5-19(10)13-8(25-26(22)23)4-7(3)24-13/h5-8,13,26H,4H2,1-3H3,(H,22,23)(H2,16,17,18,20,21)/t7-,8-,13-/m1/s1. The summed E-state index contributed by atoms with van der Waals surface area (Å²) in [6, 6.07) is 0. The summed E-state index contributed by atoms with van der Waals surface area (Å²) in [7, 11) is -3.17. The van der Waals surface area contributed by atoms with Gasteiger partial charge in [-0.15, -0.1) is 0 Å². The van der Waals surface area contributed by atoms with Crippen LogP contribution in [-0.2, 0) is 18.6 Å². The zero-order valence-electron chi connectivity index (χ0n) is 14.4. The molecule has 0 aromatic carbocycles. The summed E-state index contributed by atoms with van der Waals surface area (Å²) in [6.07, 6.45) is 0.0920. The number of aromatic nitrogens is 4. The van der Waals surface area contributed by atoms with Crippen LogP contribution in [0, 0.1) is 5.92 Å². The molecule has 3 rings (SSSR count). The molecule has 1 amide bonds. The number of ether oxygens (including phenoxy) is 1. The van der Waals surface area contributed by atoms with E-state index in [2.05, 4.69) is 20.3 Å². The first-order valence-corrected chi connectivity index (χ1v) is 9.35. The van der Waals surface area contributed by atoms with Crippen LogP contribution in [0.3, 0.4) is 0 Å². The van der Waals surface area contributed by atoms with Gasteiger partial charge in [-0.2, -0.15) is 4.98 Å². The number of aromatic amines is 1. The van der Waals surface area contributed by atoms with Gasteiger partial charge in [0.15, 0.2) is 17.4 Å². The lowest BCUT2D eigenvalue weighted by Crippen LogP contribution is -2.24. The third-order valence-electron chi connectivity index (χ3n) is 3.98. The van der Waals surface area contributed by atoms with E-state index in [-0.39, 0.29) is 35.0 Å². The molecule has 0 aliphatic carbocycles. The van der Waals surface area contributed by atoms with E-state index in [0.29, 0.717) is 6.42 Å². The predicted octanol–water partition coefficient (Wildman–Crippen LogP) is 0.789. The lowest BCUT2D eigenvalue weighted by molar-refractivity contribution is -0.118. The molecule has 12 heteroatoms. The van der Waals surface area contributed by atoms with Crippen molar-refractivity contribution < 1.29 is 23.5 Å².